The highest BCUT2D eigenvalue weighted by molar-refractivity contribution is 14.0. The molecule has 0 aliphatic rings. The lowest BCUT2D eigenvalue weighted by atomic mass is 10.2. The van der Waals surface area contributed by atoms with Crippen molar-refractivity contribution in [3.63, 3.8) is 0 Å². The predicted molar refractivity (Wildman–Crippen MR) is 105 cm³/mol. The maximum Gasteiger partial charge on any atom is 0.191 e. The van der Waals surface area contributed by atoms with E-state index in [4.69, 9.17) is 16.3 Å². The molecule has 22 heavy (non-hydrogen) atoms. The zero-order chi connectivity index (χ0) is 15.3. The van der Waals surface area contributed by atoms with Gasteiger partial charge in [0.2, 0.25) is 0 Å². The van der Waals surface area contributed by atoms with Crippen LogP contribution in [-0.2, 0) is 11.3 Å². The van der Waals surface area contributed by atoms with Gasteiger partial charge in [-0.2, -0.15) is 0 Å². The number of halogens is 2. The van der Waals surface area contributed by atoms with Gasteiger partial charge in [0.05, 0.1) is 6.54 Å². The van der Waals surface area contributed by atoms with Crippen LogP contribution in [0.3, 0.4) is 0 Å². The summed E-state index contributed by atoms with van der Waals surface area (Å²) in [5, 5.41) is 7.32. The molecular weight excluding hydrogens is 413 g/mol. The highest BCUT2D eigenvalue weighted by atomic mass is 127. The van der Waals surface area contributed by atoms with Crippen molar-refractivity contribution in [1.29, 1.82) is 0 Å². The topological polar surface area (TPSA) is 45.7 Å². The molecule has 1 aromatic rings. The van der Waals surface area contributed by atoms with Crippen molar-refractivity contribution in [2.45, 2.75) is 33.2 Å². The van der Waals surface area contributed by atoms with Crippen LogP contribution in [-0.4, -0.2) is 32.3 Å². The molecule has 0 aliphatic carbocycles. The molecule has 0 atom stereocenters. The first-order valence-corrected chi connectivity index (χ1v) is 7.99. The van der Waals surface area contributed by atoms with E-state index in [2.05, 4.69) is 22.5 Å². The third kappa shape index (κ3) is 9.48. The Bertz CT molecular complexity index is 430. The number of guanidine groups is 1. The summed E-state index contributed by atoms with van der Waals surface area (Å²) in [6.45, 7) is 7.99. The average molecular weight is 440 g/mol. The molecule has 2 N–H and O–H groups in total. The molecule has 6 heteroatoms. The molecule has 0 aromatic heterocycles. The van der Waals surface area contributed by atoms with Gasteiger partial charge < -0.3 is 15.4 Å². The first kappa shape index (κ1) is 21.5. The van der Waals surface area contributed by atoms with Crippen molar-refractivity contribution in [2.24, 2.45) is 4.99 Å². The smallest absolute Gasteiger partial charge is 0.191 e. The quantitative estimate of drug-likeness (QED) is 0.266. The van der Waals surface area contributed by atoms with Crippen LogP contribution >= 0.6 is 35.6 Å². The molecule has 0 saturated heterocycles. The van der Waals surface area contributed by atoms with Gasteiger partial charge in [-0.3, -0.25) is 0 Å². The second-order valence-corrected chi connectivity index (χ2v) is 5.02. The summed E-state index contributed by atoms with van der Waals surface area (Å²) >= 11 is 6.14. The summed E-state index contributed by atoms with van der Waals surface area (Å²) in [5.41, 5.74) is 1.03. The monoisotopic (exact) mass is 439 g/mol. The zero-order valence-corrected chi connectivity index (χ0v) is 16.5. The first-order valence-electron chi connectivity index (χ1n) is 7.61. The van der Waals surface area contributed by atoms with Gasteiger partial charge in [-0.15, -0.1) is 24.0 Å². The lowest BCUT2D eigenvalue weighted by Crippen LogP contribution is -2.37. The molecule has 0 radical (unpaired) electrons. The van der Waals surface area contributed by atoms with E-state index in [9.17, 15) is 0 Å². The molecule has 0 saturated carbocycles. The second-order valence-electron chi connectivity index (χ2n) is 4.62. The summed E-state index contributed by atoms with van der Waals surface area (Å²) in [6.07, 6.45) is 2.13. The van der Waals surface area contributed by atoms with Crippen LogP contribution < -0.4 is 10.6 Å². The Morgan fingerprint density at radius 3 is 2.64 bits per heavy atom. The maximum absolute atomic E-state index is 6.14. The van der Waals surface area contributed by atoms with Crippen molar-refractivity contribution in [3.05, 3.63) is 34.9 Å². The van der Waals surface area contributed by atoms with E-state index in [1.807, 2.05) is 31.2 Å². The Morgan fingerprint density at radius 2 is 1.95 bits per heavy atom. The Balaban J connectivity index is 0.00000441. The van der Waals surface area contributed by atoms with Gasteiger partial charge in [0.25, 0.3) is 0 Å². The van der Waals surface area contributed by atoms with E-state index in [-0.39, 0.29) is 24.0 Å². The number of unbranched alkanes of at least 4 members (excludes halogenated alkanes) is 1. The predicted octanol–water partition coefficient (Wildman–Crippen LogP) is 3.83. The maximum atomic E-state index is 6.14. The zero-order valence-electron chi connectivity index (χ0n) is 13.4. The van der Waals surface area contributed by atoms with Crippen molar-refractivity contribution in [1.82, 2.24) is 10.6 Å². The van der Waals surface area contributed by atoms with Crippen LogP contribution in [0.25, 0.3) is 0 Å². The van der Waals surface area contributed by atoms with Crippen molar-refractivity contribution in [3.8, 4) is 0 Å². The molecular formula is C16H27ClIN3O. The van der Waals surface area contributed by atoms with E-state index >= 15 is 0 Å². The van der Waals surface area contributed by atoms with Gasteiger partial charge >= 0.3 is 0 Å². The fourth-order valence-corrected chi connectivity index (χ4v) is 2.01. The second kappa shape index (κ2) is 14.1. The van der Waals surface area contributed by atoms with Gasteiger partial charge in [-0.05, 0) is 38.3 Å². The van der Waals surface area contributed by atoms with Gasteiger partial charge in [0, 0.05) is 31.3 Å². The highest BCUT2D eigenvalue weighted by Gasteiger charge is 2.00. The standard InChI is InChI=1S/C16H26ClN3O.HI/c1-3-18-16(19-11-7-8-12-21-4-2)20-13-14-9-5-6-10-15(14)17;/h5-6,9-10H,3-4,7-8,11-13H2,1-2H3,(H2,18,19,20);1H. The van der Waals surface area contributed by atoms with Gasteiger partial charge in [0.1, 0.15) is 0 Å². The van der Waals surface area contributed by atoms with Gasteiger partial charge in [-0.1, -0.05) is 29.8 Å². The molecule has 0 amide bonds. The Kier molecular flexibility index (Phi) is 13.7. The fraction of sp³-hybridized carbons (Fsp3) is 0.562. The number of rotatable bonds is 9. The first-order chi connectivity index (χ1) is 10.3. The molecule has 4 nitrogen and oxygen atoms in total. The molecule has 0 bridgehead atoms. The third-order valence-corrected chi connectivity index (χ3v) is 3.29. The summed E-state index contributed by atoms with van der Waals surface area (Å²) in [6, 6.07) is 7.79. The van der Waals surface area contributed by atoms with E-state index in [1.54, 1.807) is 0 Å². The Labute approximate surface area is 156 Å². The summed E-state index contributed by atoms with van der Waals surface area (Å²) in [5.74, 6) is 0.828. The molecule has 126 valence electrons. The van der Waals surface area contributed by atoms with Crippen molar-refractivity contribution in [2.75, 3.05) is 26.3 Å². The van der Waals surface area contributed by atoms with Crippen LogP contribution in [0.1, 0.15) is 32.3 Å². The largest absolute Gasteiger partial charge is 0.382 e. The SMILES string of the molecule is CCNC(=NCc1ccccc1Cl)NCCCCOCC.I. The molecule has 0 spiro atoms. The minimum atomic E-state index is 0. The molecule has 0 fully saturated rings. The molecule has 1 rings (SSSR count). The summed E-state index contributed by atoms with van der Waals surface area (Å²) < 4.78 is 5.32. The lowest BCUT2D eigenvalue weighted by Gasteiger charge is -2.11. The number of hydrogen-bond acceptors (Lipinski definition) is 2. The minimum absolute atomic E-state index is 0. The summed E-state index contributed by atoms with van der Waals surface area (Å²) in [7, 11) is 0. The van der Waals surface area contributed by atoms with Crippen LogP contribution in [0.4, 0.5) is 0 Å². The lowest BCUT2D eigenvalue weighted by molar-refractivity contribution is 0.143. The molecule has 0 unspecified atom stereocenters. The third-order valence-electron chi connectivity index (χ3n) is 2.92. The highest BCUT2D eigenvalue weighted by Crippen LogP contribution is 2.15. The number of nitrogens with zero attached hydrogens (tertiary/aromatic N) is 1. The van der Waals surface area contributed by atoms with E-state index in [0.29, 0.717) is 6.54 Å². The normalized spacial score (nSPS) is 11.0. The van der Waals surface area contributed by atoms with Gasteiger partial charge in [-0.25, -0.2) is 4.99 Å². The number of nitrogens with one attached hydrogen (secondary N) is 2. The molecule has 1 aromatic carbocycles. The molecule has 0 aliphatic heterocycles. The number of benzene rings is 1. The van der Waals surface area contributed by atoms with E-state index < -0.39 is 0 Å². The van der Waals surface area contributed by atoms with Crippen molar-refractivity contribution >= 4 is 41.5 Å². The average Bonchev–Trinajstić information content (AvgIpc) is 2.49. The van der Waals surface area contributed by atoms with Crippen LogP contribution in [0, 0.1) is 0 Å². The Hall–Kier alpha value is -0.530. The fourth-order valence-electron chi connectivity index (χ4n) is 1.81. The summed E-state index contributed by atoms with van der Waals surface area (Å²) in [4.78, 5) is 4.56. The van der Waals surface area contributed by atoms with Crippen molar-refractivity contribution < 1.29 is 4.74 Å². The van der Waals surface area contributed by atoms with Crippen LogP contribution in [0.15, 0.2) is 29.3 Å². The van der Waals surface area contributed by atoms with Crippen LogP contribution in [0.5, 0.6) is 0 Å². The van der Waals surface area contributed by atoms with E-state index in [0.717, 1.165) is 55.7 Å². The molecule has 0 heterocycles. The minimum Gasteiger partial charge on any atom is -0.382 e. The number of aliphatic imine (C=N–C) groups is 1. The Morgan fingerprint density at radius 1 is 1.18 bits per heavy atom. The van der Waals surface area contributed by atoms with Gasteiger partial charge in [0.15, 0.2) is 5.96 Å². The van der Waals surface area contributed by atoms with E-state index in [1.165, 1.54) is 0 Å². The number of hydrogen-bond donors (Lipinski definition) is 2. The number of ether oxygens (including phenoxy) is 1. The van der Waals surface area contributed by atoms with Crippen LogP contribution in [0.2, 0.25) is 5.02 Å².